The van der Waals surface area contributed by atoms with Gasteiger partial charge in [0.05, 0.1) is 35.0 Å². The first-order valence-corrected chi connectivity index (χ1v) is 11.6. The van der Waals surface area contributed by atoms with Crippen molar-refractivity contribution in [3.8, 4) is 0 Å². The van der Waals surface area contributed by atoms with E-state index in [1.807, 2.05) is 6.92 Å². The number of fused-ring (bicyclic) bond motifs is 1. The van der Waals surface area contributed by atoms with Gasteiger partial charge in [0.25, 0.3) is 5.91 Å². The standard InChI is InChI=1S/C21H25N3O6S/c1-3-19-16-7-5-13(9-14(16)11-24(19)21(27)28)20(26)23-18(12-25)17-8-6-15(10-22-17)31(29,30)4-2/h5-10,18-19,25H,3-4,11-12H2,1-2H3,(H,23,26)(H,27,28)/t18-,19-/m0/s1. The summed E-state index contributed by atoms with van der Waals surface area (Å²) in [4.78, 5) is 29.7. The van der Waals surface area contributed by atoms with Crippen molar-refractivity contribution >= 4 is 21.8 Å². The van der Waals surface area contributed by atoms with Crippen LogP contribution in [-0.2, 0) is 16.4 Å². The molecule has 2 aromatic rings. The second-order valence-corrected chi connectivity index (χ2v) is 9.56. The molecule has 10 heteroatoms. The highest BCUT2D eigenvalue weighted by molar-refractivity contribution is 7.91. The number of benzene rings is 1. The summed E-state index contributed by atoms with van der Waals surface area (Å²) in [5.74, 6) is -0.499. The summed E-state index contributed by atoms with van der Waals surface area (Å²) < 4.78 is 23.8. The molecule has 1 aromatic carbocycles. The molecule has 3 N–H and O–H groups in total. The number of carbonyl (C=O) groups excluding carboxylic acids is 1. The van der Waals surface area contributed by atoms with Gasteiger partial charge in [-0.15, -0.1) is 0 Å². The number of pyridine rings is 1. The molecular weight excluding hydrogens is 422 g/mol. The van der Waals surface area contributed by atoms with Gasteiger partial charge in [-0.3, -0.25) is 14.7 Å². The molecule has 0 saturated heterocycles. The quantitative estimate of drug-likeness (QED) is 0.592. The third-order valence-corrected chi connectivity index (χ3v) is 7.18. The lowest BCUT2D eigenvalue weighted by atomic mass is 10.00. The molecular formula is C21H25N3O6S. The molecule has 1 aliphatic heterocycles. The molecule has 3 rings (SSSR count). The molecule has 9 nitrogen and oxygen atoms in total. The van der Waals surface area contributed by atoms with Crippen LogP contribution in [0.2, 0.25) is 0 Å². The Morgan fingerprint density at radius 3 is 2.55 bits per heavy atom. The number of nitrogens with zero attached hydrogens (tertiary/aromatic N) is 2. The summed E-state index contributed by atoms with van der Waals surface area (Å²) in [5, 5.41) is 21.8. The molecule has 1 aromatic heterocycles. The molecule has 0 radical (unpaired) electrons. The van der Waals surface area contributed by atoms with Gasteiger partial charge in [0.2, 0.25) is 0 Å². The predicted octanol–water partition coefficient (Wildman–Crippen LogP) is 2.28. The lowest BCUT2D eigenvalue weighted by Crippen LogP contribution is -2.31. The maximum atomic E-state index is 12.8. The van der Waals surface area contributed by atoms with Crippen molar-refractivity contribution in [3.63, 3.8) is 0 Å². The highest BCUT2D eigenvalue weighted by Gasteiger charge is 2.32. The number of carbonyl (C=O) groups is 2. The molecule has 1 aliphatic rings. The van der Waals surface area contributed by atoms with E-state index in [9.17, 15) is 28.2 Å². The molecule has 31 heavy (non-hydrogen) atoms. The SMILES string of the molecule is CC[C@H]1c2ccc(C(=O)N[C@@H](CO)c3ccc(S(=O)(=O)CC)cn3)cc2CN1C(=O)O. The van der Waals surface area contributed by atoms with Crippen molar-refractivity contribution in [1.29, 1.82) is 0 Å². The number of nitrogens with one attached hydrogen (secondary N) is 1. The van der Waals surface area contributed by atoms with E-state index >= 15 is 0 Å². The van der Waals surface area contributed by atoms with Crippen LogP contribution in [0.15, 0.2) is 41.4 Å². The first kappa shape index (κ1) is 22.7. The monoisotopic (exact) mass is 447 g/mol. The first-order chi connectivity index (χ1) is 14.7. The maximum Gasteiger partial charge on any atom is 0.408 e. The van der Waals surface area contributed by atoms with Gasteiger partial charge in [0.1, 0.15) is 0 Å². The van der Waals surface area contributed by atoms with Crippen LogP contribution in [0.1, 0.15) is 59.5 Å². The summed E-state index contributed by atoms with van der Waals surface area (Å²) >= 11 is 0. The van der Waals surface area contributed by atoms with Gasteiger partial charge in [0.15, 0.2) is 9.84 Å². The second-order valence-electron chi connectivity index (χ2n) is 7.28. The second kappa shape index (κ2) is 9.03. The van der Waals surface area contributed by atoms with Gasteiger partial charge < -0.3 is 15.5 Å². The van der Waals surface area contributed by atoms with Crippen LogP contribution in [0.5, 0.6) is 0 Å². The summed E-state index contributed by atoms with van der Waals surface area (Å²) in [7, 11) is -3.39. The summed E-state index contributed by atoms with van der Waals surface area (Å²) in [6, 6.07) is 6.85. The maximum absolute atomic E-state index is 12.8. The number of amides is 2. The third kappa shape index (κ3) is 4.54. The predicted molar refractivity (Wildman–Crippen MR) is 112 cm³/mol. The first-order valence-electron chi connectivity index (χ1n) is 9.94. The molecule has 0 saturated carbocycles. The Kier molecular flexibility index (Phi) is 6.61. The van der Waals surface area contributed by atoms with E-state index in [4.69, 9.17) is 0 Å². The van der Waals surface area contributed by atoms with Crippen molar-refractivity contribution in [2.75, 3.05) is 12.4 Å². The number of hydrogen-bond donors (Lipinski definition) is 3. The Morgan fingerprint density at radius 1 is 1.26 bits per heavy atom. The summed E-state index contributed by atoms with van der Waals surface area (Å²) in [6.07, 6.45) is 0.838. The Labute approximate surface area is 180 Å². The zero-order valence-corrected chi connectivity index (χ0v) is 18.1. The number of aromatic nitrogens is 1. The van der Waals surface area contributed by atoms with Crippen molar-refractivity contribution in [2.45, 2.75) is 43.8 Å². The van der Waals surface area contributed by atoms with E-state index in [0.29, 0.717) is 17.7 Å². The average molecular weight is 448 g/mol. The molecule has 0 fully saturated rings. The van der Waals surface area contributed by atoms with Gasteiger partial charge >= 0.3 is 6.09 Å². The minimum absolute atomic E-state index is 0.0509. The van der Waals surface area contributed by atoms with Gasteiger partial charge in [-0.25, -0.2) is 13.2 Å². The molecule has 0 bridgehead atoms. The zero-order chi connectivity index (χ0) is 22.8. The largest absolute Gasteiger partial charge is 0.465 e. The number of sulfone groups is 1. The van der Waals surface area contributed by atoms with Crippen LogP contribution < -0.4 is 5.32 Å². The Hall–Kier alpha value is -2.98. The molecule has 0 unspecified atom stereocenters. The van der Waals surface area contributed by atoms with Crippen molar-refractivity contribution in [1.82, 2.24) is 15.2 Å². The van der Waals surface area contributed by atoms with Crippen LogP contribution >= 0.6 is 0 Å². The highest BCUT2D eigenvalue weighted by Crippen LogP contribution is 2.36. The smallest absolute Gasteiger partial charge is 0.408 e. The minimum atomic E-state index is -3.39. The van der Waals surface area contributed by atoms with Crippen molar-refractivity contribution < 1.29 is 28.2 Å². The molecule has 0 aliphatic carbocycles. The lowest BCUT2D eigenvalue weighted by molar-refractivity contribution is 0.0914. The number of hydrogen-bond acceptors (Lipinski definition) is 6. The normalized spacial score (nSPS) is 16.6. The Morgan fingerprint density at radius 2 is 2.00 bits per heavy atom. The highest BCUT2D eigenvalue weighted by atomic mass is 32.2. The van der Waals surface area contributed by atoms with E-state index in [2.05, 4.69) is 10.3 Å². The number of aliphatic hydroxyl groups is 1. The number of carboxylic acid groups (broad SMARTS) is 1. The number of rotatable bonds is 7. The third-order valence-electron chi connectivity index (χ3n) is 5.46. The minimum Gasteiger partial charge on any atom is -0.465 e. The fourth-order valence-electron chi connectivity index (χ4n) is 3.72. The lowest BCUT2D eigenvalue weighted by Gasteiger charge is -2.20. The molecule has 2 amide bonds. The fourth-order valence-corrected chi connectivity index (χ4v) is 4.54. The average Bonchev–Trinajstić information content (AvgIpc) is 3.15. The molecule has 2 heterocycles. The summed E-state index contributed by atoms with van der Waals surface area (Å²) in [6.45, 7) is 3.23. The van der Waals surface area contributed by atoms with Crippen LogP contribution in [0.3, 0.4) is 0 Å². The van der Waals surface area contributed by atoms with Crippen LogP contribution in [0.4, 0.5) is 4.79 Å². The molecule has 2 atom stereocenters. The van der Waals surface area contributed by atoms with Crippen molar-refractivity contribution in [2.24, 2.45) is 0 Å². The van der Waals surface area contributed by atoms with Gasteiger partial charge in [-0.05, 0) is 41.8 Å². The van der Waals surface area contributed by atoms with E-state index < -0.39 is 34.5 Å². The van der Waals surface area contributed by atoms with E-state index in [1.165, 1.54) is 30.2 Å². The number of aliphatic hydroxyl groups excluding tert-OH is 1. The van der Waals surface area contributed by atoms with Crippen LogP contribution in [0, 0.1) is 0 Å². The van der Waals surface area contributed by atoms with Crippen LogP contribution in [0.25, 0.3) is 0 Å². The molecule has 166 valence electrons. The van der Waals surface area contributed by atoms with Gasteiger partial charge in [-0.2, -0.15) is 0 Å². The fraction of sp³-hybridized carbons (Fsp3) is 0.381. The van der Waals surface area contributed by atoms with E-state index in [0.717, 1.165) is 11.1 Å². The van der Waals surface area contributed by atoms with Crippen LogP contribution in [-0.4, -0.2) is 52.9 Å². The Bertz CT molecular complexity index is 1080. The topological polar surface area (TPSA) is 137 Å². The van der Waals surface area contributed by atoms with E-state index in [-0.39, 0.29) is 23.2 Å². The van der Waals surface area contributed by atoms with Gasteiger partial charge in [-0.1, -0.05) is 19.9 Å². The zero-order valence-electron chi connectivity index (χ0n) is 17.3. The van der Waals surface area contributed by atoms with E-state index in [1.54, 1.807) is 18.2 Å². The van der Waals surface area contributed by atoms with Crippen molar-refractivity contribution in [3.05, 3.63) is 58.9 Å². The van der Waals surface area contributed by atoms with Gasteiger partial charge in [0, 0.05) is 18.3 Å². The summed E-state index contributed by atoms with van der Waals surface area (Å²) in [5.41, 5.74) is 2.32. The molecule has 0 spiro atoms. The Balaban J connectivity index is 1.78.